The fraction of sp³-hybridized carbons (Fsp3) is 0.312. The smallest absolute Gasteiger partial charge is 0.250 e. The molecule has 1 fully saturated rings. The maximum absolute atomic E-state index is 11.5. The average molecular weight is 254 g/mol. The van der Waals surface area contributed by atoms with Gasteiger partial charge in [0.15, 0.2) is 0 Å². The number of rotatable bonds is 4. The van der Waals surface area contributed by atoms with E-state index in [1.165, 1.54) is 12.8 Å². The van der Waals surface area contributed by atoms with Crippen molar-refractivity contribution >= 4 is 5.91 Å². The van der Waals surface area contributed by atoms with Gasteiger partial charge < -0.3 is 10.3 Å². The molecule has 19 heavy (non-hydrogen) atoms. The van der Waals surface area contributed by atoms with E-state index in [0.29, 0.717) is 5.56 Å². The standard InChI is InChI=1S/C16H18N2O/c1-11-14(16(17)19)9-15(13-5-3-2-4-6-13)18(11)10-12-7-8-12/h2-6,9,12H,7-8,10H2,1H3,(H2,17,19). The Morgan fingerprint density at radius 3 is 2.58 bits per heavy atom. The number of nitrogens with zero attached hydrogens (tertiary/aromatic N) is 1. The third kappa shape index (κ3) is 2.28. The van der Waals surface area contributed by atoms with Crippen LogP contribution in [0.4, 0.5) is 0 Å². The van der Waals surface area contributed by atoms with Crippen LogP contribution in [-0.2, 0) is 6.54 Å². The van der Waals surface area contributed by atoms with Crippen molar-refractivity contribution in [3.05, 3.63) is 47.7 Å². The largest absolute Gasteiger partial charge is 0.366 e. The quantitative estimate of drug-likeness (QED) is 0.896. The van der Waals surface area contributed by atoms with Crippen molar-refractivity contribution in [2.45, 2.75) is 26.3 Å². The minimum absolute atomic E-state index is 0.343. The molecule has 1 saturated carbocycles. The lowest BCUT2D eigenvalue weighted by Crippen LogP contribution is -2.12. The van der Waals surface area contributed by atoms with Crippen LogP contribution in [-0.4, -0.2) is 10.5 Å². The van der Waals surface area contributed by atoms with Crippen molar-refractivity contribution in [1.82, 2.24) is 4.57 Å². The van der Waals surface area contributed by atoms with Crippen LogP contribution in [0.5, 0.6) is 0 Å². The van der Waals surface area contributed by atoms with Gasteiger partial charge in [0.05, 0.1) is 5.56 Å². The van der Waals surface area contributed by atoms with Crippen LogP contribution in [0.25, 0.3) is 11.3 Å². The van der Waals surface area contributed by atoms with Gasteiger partial charge in [0, 0.05) is 17.9 Å². The molecule has 1 aliphatic carbocycles. The second-order valence-corrected chi connectivity index (χ2v) is 5.31. The van der Waals surface area contributed by atoms with Gasteiger partial charge in [-0.1, -0.05) is 30.3 Å². The molecule has 0 saturated heterocycles. The predicted octanol–water partition coefficient (Wildman–Crippen LogP) is 2.97. The van der Waals surface area contributed by atoms with Crippen molar-refractivity contribution < 1.29 is 4.79 Å². The lowest BCUT2D eigenvalue weighted by atomic mass is 10.1. The second-order valence-electron chi connectivity index (χ2n) is 5.31. The molecule has 0 spiro atoms. The SMILES string of the molecule is Cc1c(C(N)=O)cc(-c2ccccc2)n1CC1CC1. The second kappa shape index (κ2) is 4.57. The van der Waals surface area contributed by atoms with Crippen LogP contribution in [0.2, 0.25) is 0 Å². The molecule has 0 aliphatic heterocycles. The zero-order valence-corrected chi connectivity index (χ0v) is 11.1. The maximum atomic E-state index is 11.5. The molecule has 2 aromatic rings. The molecule has 1 heterocycles. The lowest BCUT2D eigenvalue weighted by molar-refractivity contribution is 0.0999. The van der Waals surface area contributed by atoms with Gasteiger partial charge in [0.1, 0.15) is 0 Å². The zero-order valence-electron chi connectivity index (χ0n) is 11.1. The molecule has 0 atom stereocenters. The molecule has 2 N–H and O–H groups in total. The summed E-state index contributed by atoms with van der Waals surface area (Å²) in [6.07, 6.45) is 2.58. The van der Waals surface area contributed by atoms with Gasteiger partial charge in [-0.15, -0.1) is 0 Å². The van der Waals surface area contributed by atoms with Gasteiger partial charge in [-0.2, -0.15) is 0 Å². The summed E-state index contributed by atoms with van der Waals surface area (Å²) < 4.78 is 2.24. The predicted molar refractivity (Wildman–Crippen MR) is 75.8 cm³/mol. The van der Waals surface area contributed by atoms with Gasteiger partial charge in [-0.25, -0.2) is 0 Å². The van der Waals surface area contributed by atoms with E-state index in [9.17, 15) is 4.79 Å². The fourth-order valence-corrected chi connectivity index (χ4v) is 2.54. The Kier molecular flexibility index (Phi) is 2.90. The summed E-state index contributed by atoms with van der Waals surface area (Å²) in [6, 6.07) is 12.1. The Morgan fingerprint density at radius 2 is 2.00 bits per heavy atom. The highest BCUT2D eigenvalue weighted by Crippen LogP contribution is 2.34. The van der Waals surface area contributed by atoms with Gasteiger partial charge in [0.25, 0.3) is 5.91 Å². The molecule has 1 aromatic carbocycles. The topological polar surface area (TPSA) is 48.0 Å². The molecule has 3 rings (SSSR count). The molecule has 3 heteroatoms. The molecule has 0 unspecified atom stereocenters. The van der Waals surface area contributed by atoms with Crippen LogP contribution in [0.1, 0.15) is 28.9 Å². The number of primary amides is 1. The highest BCUT2D eigenvalue weighted by Gasteiger charge is 2.25. The summed E-state index contributed by atoms with van der Waals surface area (Å²) in [5.41, 5.74) is 9.33. The van der Waals surface area contributed by atoms with Crippen molar-refractivity contribution in [3.8, 4) is 11.3 Å². The Labute approximate surface area is 113 Å². The summed E-state index contributed by atoms with van der Waals surface area (Å²) in [7, 11) is 0. The van der Waals surface area contributed by atoms with Crippen LogP contribution in [0.3, 0.4) is 0 Å². The van der Waals surface area contributed by atoms with Crippen LogP contribution < -0.4 is 5.73 Å². The summed E-state index contributed by atoms with van der Waals surface area (Å²) in [5.74, 6) is 0.415. The van der Waals surface area contributed by atoms with E-state index in [0.717, 1.165) is 29.4 Å². The third-order valence-electron chi connectivity index (χ3n) is 3.84. The van der Waals surface area contributed by atoms with Crippen LogP contribution in [0, 0.1) is 12.8 Å². The summed E-state index contributed by atoms with van der Waals surface area (Å²) >= 11 is 0. The van der Waals surface area contributed by atoms with E-state index in [1.807, 2.05) is 31.2 Å². The van der Waals surface area contributed by atoms with E-state index < -0.39 is 0 Å². The van der Waals surface area contributed by atoms with Crippen molar-refractivity contribution in [2.24, 2.45) is 11.7 Å². The van der Waals surface area contributed by atoms with Gasteiger partial charge in [-0.05, 0) is 37.3 Å². The number of hydrogen-bond acceptors (Lipinski definition) is 1. The number of hydrogen-bond donors (Lipinski definition) is 1. The Hall–Kier alpha value is -2.03. The number of amides is 1. The summed E-state index contributed by atoms with van der Waals surface area (Å²) in [6.45, 7) is 2.97. The van der Waals surface area contributed by atoms with Crippen LogP contribution in [0.15, 0.2) is 36.4 Å². The first-order valence-corrected chi connectivity index (χ1v) is 6.72. The van der Waals surface area contributed by atoms with Crippen molar-refractivity contribution in [1.29, 1.82) is 0 Å². The third-order valence-corrected chi connectivity index (χ3v) is 3.84. The molecule has 1 amide bonds. The van der Waals surface area contributed by atoms with E-state index in [4.69, 9.17) is 5.73 Å². The molecular weight excluding hydrogens is 236 g/mol. The minimum Gasteiger partial charge on any atom is -0.366 e. The first-order chi connectivity index (χ1) is 9.16. The molecule has 3 nitrogen and oxygen atoms in total. The van der Waals surface area contributed by atoms with E-state index >= 15 is 0 Å². The molecule has 1 aromatic heterocycles. The van der Waals surface area contributed by atoms with E-state index in [-0.39, 0.29) is 5.91 Å². The first-order valence-electron chi connectivity index (χ1n) is 6.72. The normalized spacial score (nSPS) is 14.6. The van der Waals surface area contributed by atoms with E-state index in [2.05, 4.69) is 16.7 Å². The van der Waals surface area contributed by atoms with Gasteiger partial charge in [0.2, 0.25) is 0 Å². The zero-order chi connectivity index (χ0) is 13.4. The Balaban J connectivity index is 2.10. The first kappa shape index (κ1) is 12.0. The number of carbonyl (C=O) groups excluding carboxylic acids is 1. The number of carbonyl (C=O) groups is 1. The number of benzene rings is 1. The van der Waals surface area contributed by atoms with Gasteiger partial charge in [-0.3, -0.25) is 4.79 Å². The molecule has 0 bridgehead atoms. The molecule has 98 valence electrons. The number of nitrogens with two attached hydrogens (primary N) is 1. The maximum Gasteiger partial charge on any atom is 0.250 e. The summed E-state index contributed by atoms with van der Waals surface area (Å²) in [5, 5.41) is 0. The van der Waals surface area contributed by atoms with Gasteiger partial charge >= 0.3 is 0 Å². The monoisotopic (exact) mass is 254 g/mol. The van der Waals surface area contributed by atoms with Crippen molar-refractivity contribution in [3.63, 3.8) is 0 Å². The fourth-order valence-electron chi connectivity index (χ4n) is 2.54. The number of aromatic nitrogens is 1. The minimum atomic E-state index is -0.343. The molecule has 0 radical (unpaired) electrons. The van der Waals surface area contributed by atoms with Crippen molar-refractivity contribution in [2.75, 3.05) is 0 Å². The highest BCUT2D eigenvalue weighted by molar-refractivity contribution is 5.95. The molecular formula is C16H18N2O. The molecule has 1 aliphatic rings. The average Bonchev–Trinajstić information content (AvgIpc) is 3.16. The van der Waals surface area contributed by atoms with Crippen LogP contribution >= 0.6 is 0 Å². The Bertz CT molecular complexity index is 609. The lowest BCUT2D eigenvalue weighted by Gasteiger charge is -2.11. The Morgan fingerprint density at radius 1 is 1.32 bits per heavy atom. The van der Waals surface area contributed by atoms with E-state index in [1.54, 1.807) is 0 Å². The highest BCUT2D eigenvalue weighted by atomic mass is 16.1. The summed E-state index contributed by atoms with van der Waals surface area (Å²) in [4.78, 5) is 11.5.